The molecule has 3 saturated heterocycles. The van der Waals surface area contributed by atoms with Crippen molar-refractivity contribution in [3.63, 3.8) is 0 Å². The molecule has 1 saturated carbocycles. The number of ether oxygens (including phenoxy) is 1. The van der Waals surface area contributed by atoms with Crippen molar-refractivity contribution in [2.75, 3.05) is 18.0 Å². The Morgan fingerprint density at radius 3 is 2.52 bits per heavy atom. The van der Waals surface area contributed by atoms with E-state index in [1.165, 1.54) is 0 Å². The lowest BCUT2D eigenvalue weighted by Gasteiger charge is -2.38. The van der Waals surface area contributed by atoms with Crippen molar-refractivity contribution in [1.82, 2.24) is 20.1 Å². The van der Waals surface area contributed by atoms with Gasteiger partial charge in [0.2, 0.25) is 11.8 Å². The summed E-state index contributed by atoms with van der Waals surface area (Å²) >= 11 is 0. The zero-order valence-electron chi connectivity index (χ0n) is 23.6. The van der Waals surface area contributed by atoms with Crippen LogP contribution in [-0.2, 0) is 10.2 Å². The molecule has 1 aromatic carbocycles. The van der Waals surface area contributed by atoms with Gasteiger partial charge in [-0.3, -0.25) is 4.98 Å². The third-order valence-corrected chi connectivity index (χ3v) is 9.60. The third-order valence-electron chi connectivity index (χ3n) is 9.60. The van der Waals surface area contributed by atoms with Crippen LogP contribution in [0.4, 0.5) is 23.7 Å². The highest BCUT2D eigenvalue weighted by atomic mass is 19.4. The molecule has 1 amide bonds. The van der Waals surface area contributed by atoms with Gasteiger partial charge in [-0.2, -0.15) is 18.4 Å². The second-order valence-corrected chi connectivity index (χ2v) is 13.2. The highest BCUT2D eigenvalue weighted by Gasteiger charge is 2.86. The number of carbonyl (C=O) groups is 1. The van der Waals surface area contributed by atoms with Gasteiger partial charge in [-0.25, -0.2) is 4.79 Å². The molecule has 4 fully saturated rings. The number of aromatic nitrogens is 3. The normalized spacial score (nSPS) is 30.4. The summed E-state index contributed by atoms with van der Waals surface area (Å²) in [6.07, 6.45) is -0.475. The van der Waals surface area contributed by atoms with Crippen molar-refractivity contribution in [1.29, 1.82) is 5.26 Å². The summed E-state index contributed by atoms with van der Waals surface area (Å²) in [5.41, 5.74) is -2.54. The van der Waals surface area contributed by atoms with Crippen molar-refractivity contribution in [2.24, 2.45) is 5.41 Å². The molecule has 5 heterocycles. The Labute approximate surface area is 240 Å². The van der Waals surface area contributed by atoms with Gasteiger partial charge >= 0.3 is 12.3 Å². The minimum absolute atomic E-state index is 0.0234. The molecule has 42 heavy (non-hydrogen) atoms. The van der Waals surface area contributed by atoms with E-state index in [-0.39, 0.29) is 49.5 Å². The number of carbonyl (C=O) groups excluding carboxylic acids is 1. The molecule has 0 radical (unpaired) electrons. The minimum atomic E-state index is -4.48. The number of amides is 1. The number of halogens is 3. The van der Waals surface area contributed by atoms with Crippen LogP contribution in [0, 0.1) is 16.7 Å². The average molecular weight is 581 g/mol. The van der Waals surface area contributed by atoms with E-state index in [9.17, 15) is 23.2 Å². The van der Waals surface area contributed by atoms with Gasteiger partial charge in [-0.05, 0) is 77.1 Å². The van der Waals surface area contributed by atoms with Gasteiger partial charge in [0.05, 0.1) is 16.5 Å². The first-order valence-corrected chi connectivity index (χ1v) is 14.3. The topological polar surface area (TPSA) is 108 Å². The van der Waals surface area contributed by atoms with Gasteiger partial charge in [-0.15, -0.1) is 10.2 Å². The number of pyridine rings is 1. The van der Waals surface area contributed by atoms with Crippen LogP contribution in [0.5, 0.6) is 0 Å². The van der Waals surface area contributed by atoms with E-state index >= 15 is 0 Å². The number of hydrogen-bond donors (Lipinski definition) is 0. The quantitative estimate of drug-likeness (QED) is 0.380. The molecule has 3 aromatic rings. The molecule has 2 aromatic heterocycles. The highest BCUT2D eigenvalue weighted by molar-refractivity contribution is 5.95. The molecule has 7 rings (SSSR count). The van der Waals surface area contributed by atoms with Crippen LogP contribution in [0.25, 0.3) is 10.9 Å². The molecule has 12 heteroatoms. The van der Waals surface area contributed by atoms with Crippen LogP contribution in [0.3, 0.4) is 0 Å². The number of nitrogens with zero attached hydrogens (tertiary/aromatic N) is 6. The van der Waals surface area contributed by atoms with E-state index in [1.54, 1.807) is 35.4 Å². The van der Waals surface area contributed by atoms with Crippen molar-refractivity contribution in [2.45, 2.75) is 88.1 Å². The standard InChI is InChI=1S/C30H31F3N6O3/c1-27(2,3)42-26(40)39-19-7-8-20(39)12-18(11-19)24-36-37-25(41-24)28-14-29(28,30(31,32)33)16-38(15-28)22-9-6-17(13-34)23-21(22)5-4-10-35-23/h4-6,9-10,18-20H,7-8,11-12,14-16H2,1-3H3/t18?,19-,20+,28-,29-/m0/s1. The SMILES string of the molecule is CC(C)(C)OC(=O)N1[C@@H]2CC[C@H]1CC(c1nnc([C@]34CN(c5ccc(C#N)c6ncccc56)C[C@@]3(C(F)(F)F)C4)o1)C2. The molecule has 1 unspecified atom stereocenters. The predicted octanol–water partition coefficient (Wildman–Crippen LogP) is 5.85. The first kappa shape index (κ1) is 27.0. The van der Waals surface area contributed by atoms with E-state index in [2.05, 4.69) is 21.3 Å². The maximum Gasteiger partial charge on any atom is 0.410 e. The lowest BCUT2D eigenvalue weighted by molar-refractivity contribution is -0.187. The smallest absolute Gasteiger partial charge is 0.410 e. The van der Waals surface area contributed by atoms with Crippen molar-refractivity contribution < 1.29 is 27.1 Å². The fourth-order valence-corrected chi connectivity index (χ4v) is 7.68. The second-order valence-electron chi connectivity index (χ2n) is 13.2. The Balaban J connectivity index is 1.16. The zero-order chi connectivity index (χ0) is 29.7. The Kier molecular flexibility index (Phi) is 5.66. The summed E-state index contributed by atoms with van der Waals surface area (Å²) in [6, 6.07) is 8.82. The molecule has 5 atom stereocenters. The lowest BCUT2D eigenvalue weighted by Crippen LogP contribution is -2.48. The van der Waals surface area contributed by atoms with Crippen LogP contribution >= 0.6 is 0 Å². The van der Waals surface area contributed by atoms with E-state index < -0.39 is 22.6 Å². The van der Waals surface area contributed by atoms with Crippen molar-refractivity contribution >= 4 is 22.7 Å². The number of hydrogen-bond acceptors (Lipinski definition) is 8. The molecule has 1 aliphatic carbocycles. The number of fused-ring (bicyclic) bond motifs is 4. The molecular formula is C30H31F3N6O3. The minimum Gasteiger partial charge on any atom is -0.444 e. The number of piperidine rings is 2. The Morgan fingerprint density at radius 2 is 1.86 bits per heavy atom. The van der Waals surface area contributed by atoms with E-state index in [4.69, 9.17) is 9.15 Å². The highest BCUT2D eigenvalue weighted by Crippen LogP contribution is 2.75. The zero-order valence-corrected chi connectivity index (χ0v) is 23.6. The molecule has 3 aliphatic heterocycles. The number of nitriles is 1. The number of benzene rings is 1. The second kappa shape index (κ2) is 8.82. The van der Waals surface area contributed by atoms with Crippen molar-refractivity contribution in [3.8, 4) is 6.07 Å². The van der Waals surface area contributed by atoms with Crippen LogP contribution in [0.15, 0.2) is 34.9 Å². The summed E-state index contributed by atoms with van der Waals surface area (Å²) in [7, 11) is 0. The summed E-state index contributed by atoms with van der Waals surface area (Å²) in [4.78, 5) is 20.7. The summed E-state index contributed by atoms with van der Waals surface area (Å²) in [5, 5.41) is 18.6. The molecule has 0 spiro atoms. The van der Waals surface area contributed by atoms with E-state index in [0.29, 0.717) is 40.9 Å². The maximum atomic E-state index is 14.7. The fourth-order valence-electron chi connectivity index (χ4n) is 7.68. The van der Waals surface area contributed by atoms with E-state index in [0.717, 1.165) is 12.8 Å². The fraction of sp³-hybridized carbons (Fsp3) is 0.567. The van der Waals surface area contributed by atoms with E-state index in [1.807, 2.05) is 25.7 Å². The monoisotopic (exact) mass is 580 g/mol. The lowest BCUT2D eigenvalue weighted by atomic mass is 9.91. The Bertz CT molecular complexity index is 1610. The van der Waals surface area contributed by atoms with Crippen LogP contribution < -0.4 is 4.90 Å². The van der Waals surface area contributed by atoms with Crippen LogP contribution in [0.1, 0.15) is 76.1 Å². The number of anilines is 1. The molecule has 2 bridgehead atoms. The number of alkyl halides is 3. The summed E-state index contributed by atoms with van der Waals surface area (Å²) < 4.78 is 55.9. The Hall–Kier alpha value is -3.88. The van der Waals surface area contributed by atoms with Gasteiger partial charge in [0.1, 0.15) is 17.1 Å². The first-order chi connectivity index (χ1) is 19.9. The van der Waals surface area contributed by atoms with Gasteiger partial charge < -0.3 is 19.0 Å². The molecule has 220 valence electrons. The molecular weight excluding hydrogens is 549 g/mol. The molecule has 4 aliphatic rings. The maximum absolute atomic E-state index is 14.7. The van der Waals surface area contributed by atoms with Crippen LogP contribution in [0.2, 0.25) is 0 Å². The largest absolute Gasteiger partial charge is 0.444 e. The van der Waals surface area contributed by atoms with Gasteiger partial charge in [0, 0.05) is 48.4 Å². The first-order valence-electron chi connectivity index (χ1n) is 14.3. The van der Waals surface area contributed by atoms with Crippen molar-refractivity contribution in [3.05, 3.63) is 47.8 Å². The molecule has 9 nitrogen and oxygen atoms in total. The Morgan fingerprint density at radius 1 is 1.12 bits per heavy atom. The molecule has 0 N–H and O–H groups in total. The number of rotatable bonds is 3. The van der Waals surface area contributed by atoms with Crippen LogP contribution in [-0.4, -0.2) is 63.1 Å². The predicted molar refractivity (Wildman–Crippen MR) is 145 cm³/mol. The van der Waals surface area contributed by atoms with Gasteiger partial charge in [-0.1, -0.05) is 0 Å². The summed E-state index contributed by atoms with van der Waals surface area (Å²) in [5.74, 6) is 0.230. The average Bonchev–Trinajstić information content (AvgIpc) is 3.24. The van der Waals surface area contributed by atoms with Gasteiger partial charge in [0.15, 0.2) is 0 Å². The summed E-state index contributed by atoms with van der Waals surface area (Å²) in [6.45, 7) is 5.32. The van der Waals surface area contributed by atoms with Gasteiger partial charge in [0.25, 0.3) is 0 Å². The third kappa shape index (κ3) is 3.88.